The number of nitrogens with one attached hydrogen (secondary N) is 4. The fourth-order valence-corrected chi connectivity index (χ4v) is 7.67. The molecule has 0 saturated heterocycles. The lowest BCUT2D eigenvalue weighted by molar-refractivity contribution is -0.123. The van der Waals surface area contributed by atoms with Crippen LogP contribution in [0.1, 0.15) is 80.9 Å². The maximum Gasteiger partial charge on any atom is 0.243 e. The Morgan fingerprint density at radius 2 is 1.69 bits per heavy atom. The minimum absolute atomic E-state index is 0.0903. The Morgan fingerprint density at radius 1 is 0.902 bits per heavy atom. The summed E-state index contributed by atoms with van der Waals surface area (Å²) in [6.45, 7) is 5.51. The molecule has 2 amide bonds. The van der Waals surface area contributed by atoms with Gasteiger partial charge in [0.1, 0.15) is 11.8 Å². The number of hydrogen-bond acceptors (Lipinski definition) is 8. The summed E-state index contributed by atoms with van der Waals surface area (Å²) in [6.07, 6.45) is 4.51. The van der Waals surface area contributed by atoms with Gasteiger partial charge in [-0.3, -0.25) is 14.4 Å². The average molecular weight is 697 g/mol. The first-order valence-electron chi connectivity index (χ1n) is 17.6. The summed E-state index contributed by atoms with van der Waals surface area (Å²) in [4.78, 5) is 44.2. The molecule has 6 rings (SSSR count). The molecule has 0 bridgehead atoms. The highest BCUT2D eigenvalue weighted by molar-refractivity contribution is 5.89. The van der Waals surface area contributed by atoms with E-state index in [4.69, 9.17) is 18.9 Å². The Morgan fingerprint density at radius 3 is 2.37 bits per heavy atom. The van der Waals surface area contributed by atoms with Gasteiger partial charge in [-0.05, 0) is 96.7 Å². The Balaban J connectivity index is 1.39. The number of anilines is 1. The lowest BCUT2D eigenvalue weighted by Crippen LogP contribution is -2.46. The van der Waals surface area contributed by atoms with Crippen molar-refractivity contribution in [3.8, 4) is 34.1 Å². The predicted octanol–water partition coefficient (Wildman–Crippen LogP) is 6.37. The number of fused-ring (bicyclic) bond motifs is 6. The minimum atomic E-state index is -0.683. The summed E-state index contributed by atoms with van der Waals surface area (Å²) >= 11 is 0. The first kappa shape index (κ1) is 35.6. The molecular weight excluding hydrogens is 648 g/mol. The van der Waals surface area contributed by atoms with Gasteiger partial charge in [-0.25, -0.2) is 0 Å². The van der Waals surface area contributed by atoms with E-state index in [-0.39, 0.29) is 34.9 Å². The number of benzene rings is 2. The highest BCUT2D eigenvalue weighted by Crippen LogP contribution is 2.50. The van der Waals surface area contributed by atoms with E-state index in [9.17, 15) is 14.4 Å². The molecule has 51 heavy (non-hydrogen) atoms. The molecule has 3 aromatic carbocycles. The van der Waals surface area contributed by atoms with Gasteiger partial charge in [0.2, 0.25) is 23.0 Å². The van der Waals surface area contributed by atoms with E-state index in [0.29, 0.717) is 42.1 Å². The van der Waals surface area contributed by atoms with Crippen LogP contribution in [0.25, 0.3) is 22.0 Å². The quantitative estimate of drug-likeness (QED) is 0.142. The third kappa shape index (κ3) is 6.81. The summed E-state index contributed by atoms with van der Waals surface area (Å²) < 4.78 is 22.8. The fraction of sp³-hybridized carbons (Fsp3) is 0.425. The SMILES string of the molecule is CC[C@H](C)[C@@H](Nc1ccc2c(cc1=O)[C@H](NC(C)=O)CCc1cc(OC)c(OC)c(OC)c1-2)C(=O)NC1CCCc2c1[nH]c1ccc(OC)cc21. The molecule has 0 spiro atoms. The molecule has 0 aliphatic heterocycles. The van der Waals surface area contributed by atoms with Crippen LogP contribution >= 0.6 is 0 Å². The number of aromatic amines is 1. The lowest BCUT2D eigenvalue weighted by Gasteiger charge is -2.29. The summed E-state index contributed by atoms with van der Waals surface area (Å²) in [7, 11) is 6.36. The van der Waals surface area contributed by atoms with E-state index in [1.54, 1.807) is 40.6 Å². The maximum absolute atomic E-state index is 14.2. The number of H-pyrrole nitrogens is 1. The standard InChI is InChI=1S/C40H48N4O7/c1-8-21(2)36(40(47)44-32-11-9-10-26-27-19-24(48-4)13-16-30(27)42-37(26)32)43-31-17-14-25-28(20-33(31)46)29(41-22(3)45)15-12-23-18-34(49-5)38(50-6)39(51-7)35(23)25/h13-14,16-21,29,32,36,42H,8-12,15H2,1-7H3,(H,41,45)(H,43,46)(H,44,47)/t21-,29+,32?,36+/m0/s1. The van der Waals surface area contributed by atoms with E-state index in [1.807, 2.05) is 44.2 Å². The van der Waals surface area contributed by atoms with Crippen LogP contribution in [-0.4, -0.2) is 51.3 Å². The smallest absolute Gasteiger partial charge is 0.243 e. The summed E-state index contributed by atoms with van der Waals surface area (Å²) in [6, 6.07) is 11.8. The average Bonchev–Trinajstić information content (AvgIpc) is 3.35. The van der Waals surface area contributed by atoms with E-state index >= 15 is 0 Å². The van der Waals surface area contributed by atoms with Gasteiger partial charge in [-0.15, -0.1) is 0 Å². The van der Waals surface area contributed by atoms with Crippen LogP contribution in [0.15, 0.2) is 47.3 Å². The van der Waals surface area contributed by atoms with Gasteiger partial charge in [0.05, 0.1) is 46.2 Å². The van der Waals surface area contributed by atoms with E-state index in [2.05, 4.69) is 20.9 Å². The van der Waals surface area contributed by atoms with Gasteiger partial charge in [-0.1, -0.05) is 26.3 Å². The van der Waals surface area contributed by atoms with Crippen molar-refractivity contribution in [2.75, 3.05) is 33.8 Å². The Bertz CT molecular complexity index is 2020. The Labute approximate surface area is 298 Å². The normalized spacial score (nSPS) is 17.5. The molecule has 2 aliphatic carbocycles. The molecule has 11 heteroatoms. The van der Waals surface area contributed by atoms with Gasteiger partial charge in [-0.2, -0.15) is 0 Å². The number of rotatable bonds is 11. The van der Waals surface area contributed by atoms with E-state index in [1.165, 1.54) is 12.5 Å². The summed E-state index contributed by atoms with van der Waals surface area (Å²) in [5, 5.41) is 10.8. The number of carbonyl (C=O) groups excluding carboxylic acids is 2. The van der Waals surface area contributed by atoms with Crippen molar-refractivity contribution in [1.29, 1.82) is 0 Å². The Kier molecular flexibility index (Phi) is 10.5. The van der Waals surface area contributed by atoms with Crippen LogP contribution in [0.2, 0.25) is 0 Å². The second kappa shape index (κ2) is 15.0. The Hall–Kier alpha value is -5.19. The lowest BCUT2D eigenvalue weighted by atomic mass is 9.90. The van der Waals surface area contributed by atoms with Crippen LogP contribution in [0, 0.1) is 5.92 Å². The first-order valence-corrected chi connectivity index (χ1v) is 17.6. The van der Waals surface area contributed by atoms with Crippen molar-refractivity contribution in [1.82, 2.24) is 15.6 Å². The highest BCUT2D eigenvalue weighted by atomic mass is 16.5. The van der Waals surface area contributed by atoms with Crippen molar-refractivity contribution in [2.24, 2.45) is 5.92 Å². The van der Waals surface area contributed by atoms with Crippen molar-refractivity contribution in [2.45, 2.75) is 77.4 Å². The van der Waals surface area contributed by atoms with Crippen LogP contribution in [0.3, 0.4) is 0 Å². The number of carbonyl (C=O) groups is 2. The molecule has 1 heterocycles. The number of aryl methyl sites for hydroxylation is 2. The topological polar surface area (TPSA) is 140 Å². The molecule has 0 saturated carbocycles. The zero-order valence-electron chi connectivity index (χ0n) is 30.5. The van der Waals surface area contributed by atoms with Crippen LogP contribution < -0.4 is 40.3 Å². The molecule has 4 atom stereocenters. The molecule has 0 fully saturated rings. The zero-order chi connectivity index (χ0) is 36.4. The molecule has 1 unspecified atom stereocenters. The molecular formula is C40H48N4O7. The third-order valence-corrected chi connectivity index (χ3v) is 10.5. The van der Waals surface area contributed by atoms with Crippen molar-refractivity contribution in [3.05, 3.63) is 75.1 Å². The number of ether oxygens (including phenoxy) is 4. The van der Waals surface area contributed by atoms with Crippen LogP contribution in [0.5, 0.6) is 23.0 Å². The molecule has 2 aliphatic rings. The largest absolute Gasteiger partial charge is 0.497 e. The number of hydrogen-bond donors (Lipinski definition) is 4. The molecule has 11 nitrogen and oxygen atoms in total. The second-order valence-electron chi connectivity index (χ2n) is 13.5. The monoisotopic (exact) mass is 696 g/mol. The van der Waals surface area contributed by atoms with E-state index < -0.39 is 12.1 Å². The van der Waals surface area contributed by atoms with Crippen LogP contribution in [-0.2, 0) is 22.4 Å². The molecule has 4 N–H and O–H groups in total. The molecule has 1 aromatic heterocycles. The molecule has 4 aromatic rings. The van der Waals surface area contributed by atoms with Crippen molar-refractivity contribution in [3.63, 3.8) is 0 Å². The van der Waals surface area contributed by atoms with Gasteiger partial charge < -0.3 is 39.9 Å². The second-order valence-corrected chi connectivity index (χ2v) is 13.5. The van der Waals surface area contributed by atoms with Crippen molar-refractivity contribution >= 4 is 28.4 Å². The number of amides is 2. The predicted molar refractivity (Wildman–Crippen MR) is 198 cm³/mol. The van der Waals surface area contributed by atoms with Crippen molar-refractivity contribution < 1.29 is 28.5 Å². The highest BCUT2D eigenvalue weighted by Gasteiger charge is 2.32. The number of methoxy groups -OCH3 is 4. The molecule has 270 valence electrons. The minimum Gasteiger partial charge on any atom is -0.497 e. The van der Waals surface area contributed by atoms with E-state index in [0.717, 1.165) is 58.3 Å². The van der Waals surface area contributed by atoms with Gasteiger partial charge in [0.15, 0.2) is 11.5 Å². The summed E-state index contributed by atoms with van der Waals surface area (Å²) in [5.74, 6) is 1.76. The number of aromatic nitrogens is 1. The fourth-order valence-electron chi connectivity index (χ4n) is 7.67. The van der Waals surface area contributed by atoms with Crippen LogP contribution in [0.4, 0.5) is 5.69 Å². The van der Waals surface area contributed by atoms with Gasteiger partial charge >= 0.3 is 0 Å². The van der Waals surface area contributed by atoms with Gasteiger partial charge in [0, 0.05) is 29.1 Å². The molecule has 0 radical (unpaired) electrons. The van der Waals surface area contributed by atoms with Gasteiger partial charge in [0.25, 0.3) is 0 Å². The maximum atomic E-state index is 14.2. The zero-order valence-corrected chi connectivity index (χ0v) is 30.5. The summed E-state index contributed by atoms with van der Waals surface area (Å²) in [5.41, 5.74) is 6.30. The first-order chi connectivity index (χ1) is 24.6. The third-order valence-electron chi connectivity index (χ3n) is 10.5.